The number of nitrogens with zero attached hydrogens (tertiary/aromatic N) is 4. The van der Waals surface area contributed by atoms with E-state index >= 15 is 0 Å². The summed E-state index contributed by atoms with van der Waals surface area (Å²) in [6.07, 6.45) is -3.20. The number of nitriles is 1. The van der Waals surface area contributed by atoms with E-state index in [1.807, 2.05) is 19.6 Å². The Kier molecular flexibility index (Phi) is 10.8. The maximum absolute atomic E-state index is 14.1. The Hall–Kier alpha value is -5.01. The van der Waals surface area contributed by atoms with Gasteiger partial charge in [0.15, 0.2) is 11.6 Å². The number of aromatic hydroxyl groups is 1. The second-order valence-electron chi connectivity index (χ2n) is 16.0. The number of carbonyl (C=O) groups excluding carboxylic acids is 3. The predicted octanol–water partition coefficient (Wildman–Crippen LogP) is 8.75. The molecule has 0 bridgehead atoms. The van der Waals surface area contributed by atoms with Gasteiger partial charge in [0.05, 0.1) is 22.3 Å². The number of fused-ring (bicyclic) bond motifs is 1. The summed E-state index contributed by atoms with van der Waals surface area (Å²) in [5, 5.41) is 22.3. The number of benzene rings is 1. The van der Waals surface area contributed by atoms with E-state index in [2.05, 4.69) is 17.5 Å². The lowest BCUT2D eigenvalue weighted by Gasteiger charge is -2.29. The van der Waals surface area contributed by atoms with E-state index in [4.69, 9.17) is 23.9 Å². The second-order valence-corrected chi connectivity index (χ2v) is 20.7. The van der Waals surface area contributed by atoms with Crippen molar-refractivity contribution in [2.24, 2.45) is 0 Å². The number of anilines is 1. The van der Waals surface area contributed by atoms with Crippen molar-refractivity contribution in [1.82, 2.24) is 9.55 Å². The van der Waals surface area contributed by atoms with Crippen molar-refractivity contribution in [3.63, 3.8) is 0 Å². The Bertz CT molecular complexity index is 1940. The molecule has 0 fully saturated rings. The van der Waals surface area contributed by atoms with Gasteiger partial charge in [-0.1, -0.05) is 31.6 Å². The van der Waals surface area contributed by atoms with Crippen molar-refractivity contribution in [3.05, 3.63) is 40.1 Å². The van der Waals surface area contributed by atoms with Crippen LogP contribution >= 0.6 is 0 Å². The Labute approximate surface area is 295 Å². The largest absolute Gasteiger partial charge is 0.514 e. The number of carbonyl (C=O) groups is 3. The molecule has 2 heterocycles. The van der Waals surface area contributed by atoms with Crippen molar-refractivity contribution < 1.29 is 38.4 Å². The lowest BCUT2D eigenvalue weighted by atomic mass is 10.1. The first-order chi connectivity index (χ1) is 22.7. The molecule has 0 unspecified atom stereocenters. The van der Waals surface area contributed by atoms with Gasteiger partial charge in [-0.15, -0.1) is 5.54 Å². The van der Waals surface area contributed by atoms with E-state index in [9.17, 15) is 24.8 Å². The number of rotatable bonds is 3. The normalized spacial score (nSPS) is 12.0. The van der Waals surface area contributed by atoms with Gasteiger partial charge in [0, 0.05) is 5.56 Å². The summed E-state index contributed by atoms with van der Waals surface area (Å²) >= 11 is 0. The molecule has 1 aromatic carbocycles. The fourth-order valence-electron chi connectivity index (χ4n) is 4.80. The summed E-state index contributed by atoms with van der Waals surface area (Å²) in [4.78, 5) is 46.4. The summed E-state index contributed by atoms with van der Waals surface area (Å²) in [5.74, 6) is 2.69. The average Bonchev–Trinajstić information content (AvgIpc) is 3.19. The maximum Gasteiger partial charge on any atom is 0.514 e. The monoisotopic (exact) mass is 704 g/mol. The first-order valence-electron chi connectivity index (χ1n) is 16.1. The molecule has 0 radical (unpaired) electrons. The molecule has 3 rings (SSSR count). The van der Waals surface area contributed by atoms with Crippen LogP contribution in [0.3, 0.4) is 0 Å². The molecule has 3 aromatic rings. The minimum atomic E-state index is -2.04. The summed E-state index contributed by atoms with van der Waals surface area (Å²) in [6.45, 7) is 26.0. The van der Waals surface area contributed by atoms with Gasteiger partial charge in [0.25, 0.3) is 0 Å². The Balaban J connectivity index is 2.67. The Morgan fingerprint density at radius 2 is 1.38 bits per heavy atom. The number of aromatic nitrogens is 2. The van der Waals surface area contributed by atoms with Gasteiger partial charge in [-0.2, -0.15) is 10.2 Å². The smallest absolute Gasteiger partial charge is 0.505 e. The van der Waals surface area contributed by atoms with Crippen molar-refractivity contribution in [3.8, 4) is 34.7 Å². The fraction of sp³-hybridized carbons (Fsp3) is 0.486. The number of amides is 2. The van der Waals surface area contributed by atoms with Gasteiger partial charge in [0.2, 0.25) is 0 Å². The van der Waals surface area contributed by atoms with Gasteiger partial charge in [-0.25, -0.2) is 19.4 Å². The van der Waals surface area contributed by atoms with Gasteiger partial charge in [-0.3, -0.25) is 4.57 Å². The molecule has 12 nitrogen and oxygen atoms in total. The van der Waals surface area contributed by atoms with Crippen LogP contribution in [0.15, 0.2) is 12.1 Å². The third-order valence-electron chi connectivity index (χ3n) is 6.65. The lowest BCUT2D eigenvalue weighted by molar-refractivity contribution is 0.0203. The minimum Gasteiger partial charge on any atom is -0.505 e. The molecule has 0 spiro atoms. The minimum absolute atomic E-state index is 0.101. The van der Waals surface area contributed by atoms with Crippen LogP contribution < -0.4 is 9.64 Å². The highest BCUT2D eigenvalue weighted by atomic mass is 28.3. The van der Waals surface area contributed by atoms with Crippen LogP contribution in [0.4, 0.5) is 20.2 Å². The third-order valence-corrected chi connectivity index (χ3v) is 7.53. The van der Waals surface area contributed by atoms with E-state index in [1.165, 1.54) is 4.57 Å². The highest BCUT2D eigenvalue weighted by molar-refractivity contribution is 6.83. The highest BCUT2D eigenvalue weighted by Crippen LogP contribution is 2.43. The molecule has 0 saturated carbocycles. The van der Waals surface area contributed by atoms with Gasteiger partial charge >= 0.3 is 18.3 Å². The molecule has 0 atom stereocenters. The molecule has 0 aliphatic carbocycles. The highest BCUT2D eigenvalue weighted by Gasteiger charge is 2.40. The third kappa shape index (κ3) is 9.15. The fourth-order valence-corrected chi connectivity index (χ4v) is 5.30. The van der Waals surface area contributed by atoms with E-state index < -0.39 is 43.2 Å². The zero-order valence-corrected chi connectivity index (χ0v) is 32.7. The zero-order valence-electron chi connectivity index (χ0n) is 31.7. The Morgan fingerprint density at radius 3 is 1.84 bits per heavy atom. The zero-order chi connectivity index (χ0) is 38.3. The van der Waals surface area contributed by atoms with Gasteiger partial charge in [-0.05, 0) is 94.7 Å². The van der Waals surface area contributed by atoms with Crippen molar-refractivity contribution in [1.29, 1.82) is 5.26 Å². The van der Waals surface area contributed by atoms with Crippen LogP contribution in [0.2, 0.25) is 19.6 Å². The number of hydrogen-bond donors (Lipinski definition) is 1. The topological polar surface area (TPSA) is 153 Å². The standard InChI is InChI=1S/C37H48N4O8Si/c1-21-16-17-26(46-34(45)49-37(10,11)12)22(2)28(21)40-30-27(24(18-19-50(13,14)15)29(42)23(3)39-30)25(20-38)31(40)41(32(43)47-35(4,5)6)33(44)48-36(7,8)9/h16-17,42H,1-15H3. The van der Waals surface area contributed by atoms with Crippen LogP contribution in [-0.2, 0) is 14.2 Å². The molecule has 2 amide bonds. The lowest BCUT2D eigenvalue weighted by Crippen LogP contribution is -2.45. The van der Waals surface area contributed by atoms with Crippen molar-refractivity contribution in [2.75, 3.05) is 4.90 Å². The summed E-state index contributed by atoms with van der Waals surface area (Å²) in [5.41, 5.74) is 1.79. The molecule has 13 heteroatoms. The first-order valence-corrected chi connectivity index (χ1v) is 19.6. The molecule has 2 aromatic heterocycles. The number of pyridine rings is 1. The molecule has 0 saturated heterocycles. The molecule has 0 aliphatic heterocycles. The van der Waals surface area contributed by atoms with E-state index in [1.54, 1.807) is 95.2 Å². The molecular weight excluding hydrogens is 657 g/mol. The summed E-state index contributed by atoms with van der Waals surface area (Å²) in [7, 11) is -2.04. The van der Waals surface area contributed by atoms with Crippen molar-refractivity contribution in [2.45, 2.75) is 120 Å². The number of aryl methyl sites for hydroxylation is 2. The molecule has 50 heavy (non-hydrogen) atoms. The van der Waals surface area contributed by atoms with Gasteiger partial charge < -0.3 is 24.1 Å². The quantitative estimate of drug-likeness (QED) is 0.0920. The van der Waals surface area contributed by atoms with Crippen LogP contribution in [-0.4, -0.2) is 57.9 Å². The molecule has 268 valence electrons. The van der Waals surface area contributed by atoms with E-state index in [0.717, 1.165) is 0 Å². The molecular formula is C37H48N4O8Si. The molecule has 1 N–H and O–H groups in total. The summed E-state index contributed by atoms with van der Waals surface area (Å²) < 4.78 is 23.9. The van der Waals surface area contributed by atoms with Crippen LogP contribution in [0.1, 0.15) is 90.3 Å². The van der Waals surface area contributed by atoms with E-state index in [0.29, 0.717) is 21.7 Å². The van der Waals surface area contributed by atoms with Gasteiger partial charge in [0.1, 0.15) is 47.9 Å². The van der Waals surface area contributed by atoms with Crippen molar-refractivity contribution >= 4 is 43.3 Å². The maximum atomic E-state index is 14.1. The number of hydrogen-bond acceptors (Lipinski definition) is 10. The van der Waals surface area contributed by atoms with Crippen LogP contribution in [0, 0.1) is 43.6 Å². The SMILES string of the molecule is Cc1ccc(OC(=O)OC(C)(C)C)c(C)c1-n1c(N(C(=O)OC(C)(C)C)C(=O)OC(C)(C)C)c(C#N)c2c(C#C[Si](C)(C)C)c(O)c(C)nc21. The number of imide groups is 1. The first kappa shape index (κ1) is 39.4. The van der Waals surface area contributed by atoms with Crippen LogP contribution in [0.25, 0.3) is 16.7 Å². The Morgan fingerprint density at radius 1 is 0.860 bits per heavy atom. The average molecular weight is 705 g/mol. The van der Waals surface area contributed by atoms with E-state index in [-0.39, 0.29) is 45.2 Å². The predicted molar refractivity (Wildman–Crippen MR) is 194 cm³/mol. The number of ether oxygens (including phenoxy) is 4. The second kappa shape index (κ2) is 13.7. The van der Waals surface area contributed by atoms with Crippen LogP contribution in [0.5, 0.6) is 11.5 Å². The molecule has 0 aliphatic rings. The summed E-state index contributed by atoms with van der Waals surface area (Å²) in [6, 6.07) is 5.41.